The topological polar surface area (TPSA) is 98.7 Å². The largest absolute Gasteiger partial charge is 0.493 e. The van der Waals surface area contributed by atoms with E-state index >= 15 is 0 Å². The van der Waals surface area contributed by atoms with Crippen LogP contribution in [-0.4, -0.2) is 47.3 Å². The molecule has 33 heavy (non-hydrogen) atoms. The van der Waals surface area contributed by atoms with E-state index in [4.69, 9.17) is 25.8 Å². The molecule has 1 heterocycles. The van der Waals surface area contributed by atoms with E-state index in [1.54, 1.807) is 55.5 Å². The second kappa shape index (κ2) is 10.4. The molecule has 3 aromatic rings. The van der Waals surface area contributed by atoms with Gasteiger partial charge < -0.3 is 19.5 Å². The van der Waals surface area contributed by atoms with E-state index in [2.05, 4.69) is 20.3 Å². The van der Waals surface area contributed by atoms with Crippen molar-refractivity contribution in [1.82, 2.24) is 15.0 Å². The normalized spacial score (nSPS) is 11.0. The van der Waals surface area contributed by atoms with Gasteiger partial charge in [-0.2, -0.15) is 4.98 Å². The van der Waals surface area contributed by atoms with Gasteiger partial charge in [-0.1, -0.05) is 11.6 Å². The number of anilines is 4. The fourth-order valence-electron chi connectivity index (χ4n) is 2.92. The van der Waals surface area contributed by atoms with E-state index in [-0.39, 0.29) is 18.4 Å². The van der Waals surface area contributed by atoms with Gasteiger partial charge in [-0.05, 0) is 57.2 Å². The smallest absolute Gasteiger partial charge is 0.326 e. The molecule has 3 rings (SSSR count). The van der Waals surface area contributed by atoms with Gasteiger partial charge in [-0.15, -0.1) is 0 Å². The number of halogens is 1. The van der Waals surface area contributed by atoms with Gasteiger partial charge in [0.2, 0.25) is 11.9 Å². The van der Waals surface area contributed by atoms with E-state index in [0.29, 0.717) is 27.9 Å². The van der Waals surface area contributed by atoms with Crippen molar-refractivity contribution in [2.24, 2.45) is 0 Å². The number of carbonyl (C=O) groups excluding carboxylic acids is 1. The van der Waals surface area contributed by atoms with Gasteiger partial charge in [0, 0.05) is 22.5 Å². The zero-order valence-electron chi connectivity index (χ0n) is 19.1. The van der Waals surface area contributed by atoms with Crippen LogP contribution >= 0.6 is 11.6 Å². The highest BCUT2D eigenvalue weighted by molar-refractivity contribution is 6.30. The standard InChI is InChI=1S/C23H26ClN5O4/c1-23(2,3)33-20(30)13-29(17-9-6-15(24)7-10-17)22-26-14-25-21(28-22)27-16-8-11-18(31-4)19(12-16)32-5/h6-12,14H,13H2,1-5H3,(H,25,26,27,28). The molecule has 0 fully saturated rings. The average molecular weight is 472 g/mol. The molecule has 1 N–H and O–H groups in total. The maximum Gasteiger partial charge on any atom is 0.326 e. The number of esters is 1. The molecule has 10 heteroatoms. The molecular formula is C23H26ClN5O4. The van der Waals surface area contributed by atoms with Crippen molar-refractivity contribution in [1.29, 1.82) is 0 Å². The van der Waals surface area contributed by atoms with E-state index in [1.807, 2.05) is 26.8 Å². The number of ether oxygens (including phenoxy) is 3. The number of rotatable bonds is 8. The molecule has 0 saturated carbocycles. The van der Waals surface area contributed by atoms with Crippen molar-refractivity contribution >= 4 is 40.8 Å². The molecule has 1 aromatic heterocycles. The van der Waals surface area contributed by atoms with Gasteiger partial charge in [-0.25, -0.2) is 9.97 Å². The molecule has 0 radical (unpaired) electrons. The Kier molecular flexibility index (Phi) is 7.55. The van der Waals surface area contributed by atoms with Crippen LogP contribution in [0.25, 0.3) is 0 Å². The number of nitrogens with one attached hydrogen (secondary N) is 1. The Balaban J connectivity index is 1.90. The monoisotopic (exact) mass is 471 g/mol. The molecule has 9 nitrogen and oxygen atoms in total. The summed E-state index contributed by atoms with van der Waals surface area (Å²) in [6.45, 7) is 5.33. The Morgan fingerprint density at radius 3 is 2.36 bits per heavy atom. The molecule has 0 spiro atoms. The molecule has 0 amide bonds. The van der Waals surface area contributed by atoms with Crippen molar-refractivity contribution in [2.75, 3.05) is 31.0 Å². The summed E-state index contributed by atoms with van der Waals surface area (Å²) < 4.78 is 16.1. The third kappa shape index (κ3) is 6.69. The number of hydrogen-bond donors (Lipinski definition) is 1. The first-order valence-corrected chi connectivity index (χ1v) is 10.5. The van der Waals surface area contributed by atoms with Crippen LogP contribution in [0.1, 0.15) is 20.8 Å². The third-order valence-corrected chi connectivity index (χ3v) is 4.54. The van der Waals surface area contributed by atoms with Gasteiger partial charge in [0.15, 0.2) is 11.5 Å². The molecule has 174 valence electrons. The number of methoxy groups -OCH3 is 2. The van der Waals surface area contributed by atoms with Crippen LogP contribution in [-0.2, 0) is 9.53 Å². The van der Waals surface area contributed by atoms with E-state index in [1.165, 1.54) is 6.33 Å². The fraction of sp³-hybridized carbons (Fsp3) is 0.304. The first-order valence-electron chi connectivity index (χ1n) is 10.1. The summed E-state index contributed by atoms with van der Waals surface area (Å²) in [6.07, 6.45) is 1.36. The van der Waals surface area contributed by atoms with E-state index in [9.17, 15) is 4.79 Å². The molecule has 0 unspecified atom stereocenters. The lowest BCUT2D eigenvalue weighted by molar-refractivity contribution is -0.152. The van der Waals surface area contributed by atoms with Gasteiger partial charge in [0.05, 0.1) is 14.2 Å². The van der Waals surface area contributed by atoms with Crippen LogP contribution in [0.15, 0.2) is 48.8 Å². The maximum absolute atomic E-state index is 12.6. The predicted molar refractivity (Wildman–Crippen MR) is 127 cm³/mol. The van der Waals surface area contributed by atoms with Crippen molar-refractivity contribution in [3.05, 3.63) is 53.8 Å². The second-order valence-electron chi connectivity index (χ2n) is 7.95. The summed E-state index contributed by atoms with van der Waals surface area (Å²) >= 11 is 6.04. The highest BCUT2D eigenvalue weighted by Crippen LogP contribution is 2.31. The number of carbonyl (C=O) groups is 1. The lowest BCUT2D eigenvalue weighted by Gasteiger charge is -2.25. The van der Waals surface area contributed by atoms with Crippen LogP contribution in [0, 0.1) is 0 Å². The number of nitrogens with zero attached hydrogens (tertiary/aromatic N) is 4. The molecule has 0 atom stereocenters. The zero-order valence-corrected chi connectivity index (χ0v) is 19.9. The molecule has 0 aliphatic heterocycles. The molecular weight excluding hydrogens is 446 g/mol. The summed E-state index contributed by atoms with van der Waals surface area (Å²) in [5.74, 6) is 1.29. The van der Waals surface area contributed by atoms with Gasteiger partial charge in [0.25, 0.3) is 0 Å². The molecule has 2 aromatic carbocycles. The summed E-state index contributed by atoms with van der Waals surface area (Å²) in [5.41, 5.74) is 0.741. The Morgan fingerprint density at radius 2 is 1.73 bits per heavy atom. The van der Waals surface area contributed by atoms with E-state index in [0.717, 1.165) is 0 Å². The number of aromatic nitrogens is 3. The quantitative estimate of drug-likeness (QED) is 0.466. The summed E-state index contributed by atoms with van der Waals surface area (Å²) in [7, 11) is 3.13. The highest BCUT2D eigenvalue weighted by Gasteiger charge is 2.22. The summed E-state index contributed by atoms with van der Waals surface area (Å²) in [6, 6.07) is 12.3. The Bertz CT molecular complexity index is 1100. The Labute approximate surface area is 197 Å². The minimum atomic E-state index is -0.623. The zero-order chi connectivity index (χ0) is 24.0. The Morgan fingerprint density at radius 1 is 1.03 bits per heavy atom. The molecule has 0 saturated heterocycles. The number of hydrogen-bond acceptors (Lipinski definition) is 9. The SMILES string of the molecule is COc1ccc(Nc2ncnc(N(CC(=O)OC(C)(C)C)c3ccc(Cl)cc3)n2)cc1OC. The molecule has 0 aliphatic carbocycles. The van der Waals surface area contributed by atoms with Crippen molar-refractivity contribution in [2.45, 2.75) is 26.4 Å². The lowest BCUT2D eigenvalue weighted by Crippen LogP contribution is -2.33. The minimum absolute atomic E-state index is 0.0985. The van der Waals surface area contributed by atoms with Crippen LogP contribution in [0.4, 0.5) is 23.3 Å². The van der Waals surface area contributed by atoms with Gasteiger partial charge in [-0.3, -0.25) is 9.69 Å². The van der Waals surface area contributed by atoms with Crippen LogP contribution in [0.3, 0.4) is 0 Å². The Hall–Kier alpha value is -3.59. The van der Waals surface area contributed by atoms with Crippen molar-refractivity contribution in [3.8, 4) is 11.5 Å². The number of benzene rings is 2. The maximum atomic E-state index is 12.6. The minimum Gasteiger partial charge on any atom is -0.493 e. The van der Waals surface area contributed by atoms with Crippen LogP contribution in [0.2, 0.25) is 5.02 Å². The predicted octanol–water partition coefficient (Wildman–Crippen LogP) is 4.77. The third-order valence-electron chi connectivity index (χ3n) is 4.29. The van der Waals surface area contributed by atoms with Crippen molar-refractivity contribution < 1.29 is 19.0 Å². The average Bonchev–Trinajstić information content (AvgIpc) is 2.77. The van der Waals surface area contributed by atoms with Gasteiger partial charge >= 0.3 is 5.97 Å². The van der Waals surface area contributed by atoms with Crippen LogP contribution in [0.5, 0.6) is 11.5 Å². The first kappa shape index (κ1) is 24.1. The van der Waals surface area contributed by atoms with Crippen molar-refractivity contribution in [3.63, 3.8) is 0 Å². The highest BCUT2D eigenvalue weighted by atomic mass is 35.5. The molecule has 0 bridgehead atoms. The van der Waals surface area contributed by atoms with Crippen LogP contribution < -0.4 is 19.7 Å². The van der Waals surface area contributed by atoms with E-state index < -0.39 is 11.6 Å². The summed E-state index contributed by atoms with van der Waals surface area (Å²) in [4.78, 5) is 27.2. The molecule has 0 aliphatic rings. The fourth-order valence-corrected chi connectivity index (χ4v) is 3.05. The first-order chi connectivity index (χ1) is 15.7. The summed E-state index contributed by atoms with van der Waals surface area (Å²) in [5, 5.41) is 3.69. The van der Waals surface area contributed by atoms with Gasteiger partial charge in [0.1, 0.15) is 18.5 Å². The second-order valence-corrected chi connectivity index (χ2v) is 8.39. The lowest BCUT2D eigenvalue weighted by atomic mass is 10.2.